The second-order valence-electron chi connectivity index (χ2n) is 3.87. The Hall–Kier alpha value is -1.90. The van der Waals surface area contributed by atoms with Crippen molar-refractivity contribution in [3.05, 3.63) is 48.0 Å². The maximum absolute atomic E-state index is 11.9. The number of carbonyl (C=O) groups is 2. The fourth-order valence-corrected chi connectivity index (χ4v) is 2.04. The van der Waals surface area contributed by atoms with Crippen molar-refractivity contribution < 1.29 is 9.59 Å². The van der Waals surface area contributed by atoms with Crippen molar-refractivity contribution >= 4 is 11.8 Å². The fourth-order valence-electron chi connectivity index (χ4n) is 2.04. The number of likely N-dealkylation sites (N-methyl/N-ethyl adjacent to an activating group) is 1. The Kier molecular flexibility index (Phi) is 2.60. The Balaban J connectivity index is 2.56. The first kappa shape index (κ1) is 10.6. The van der Waals surface area contributed by atoms with Crippen molar-refractivity contribution in [2.45, 2.75) is 12.3 Å². The van der Waals surface area contributed by atoms with Crippen LogP contribution in [0.25, 0.3) is 0 Å². The predicted molar refractivity (Wildman–Crippen MR) is 61.1 cm³/mol. The summed E-state index contributed by atoms with van der Waals surface area (Å²) in [5, 5.41) is 0. The molecular formula is C13H13NO2. The molecule has 0 aromatic heterocycles. The first-order chi connectivity index (χ1) is 7.66. The summed E-state index contributed by atoms with van der Waals surface area (Å²) in [7, 11) is 1.52. The largest absolute Gasteiger partial charge is 0.281 e. The number of hydrogen-bond acceptors (Lipinski definition) is 2. The molecule has 1 aromatic rings. The van der Waals surface area contributed by atoms with Gasteiger partial charge in [-0.2, -0.15) is 0 Å². The number of nitrogens with zero attached hydrogens (tertiary/aromatic N) is 1. The average Bonchev–Trinajstić information content (AvgIpc) is 2.32. The molecule has 0 N–H and O–H groups in total. The summed E-state index contributed by atoms with van der Waals surface area (Å²) in [4.78, 5) is 25.0. The molecule has 0 saturated heterocycles. The van der Waals surface area contributed by atoms with E-state index in [2.05, 4.69) is 6.58 Å². The van der Waals surface area contributed by atoms with Gasteiger partial charge in [0.15, 0.2) is 0 Å². The zero-order chi connectivity index (χ0) is 11.7. The fraction of sp³-hybridized carbons (Fsp3) is 0.231. The number of carbonyl (C=O) groups excluding carboxylic acids is 2. The molecule has 1 heterocycles. The first-order valence-corrected chi connectivity index (χ1v) is 5.18. The molecule has 3 heteroatoms. The van der Waals surface area contributed by atoms with Crippen LogP contribution in [0.15, 0.2) is 36.9 Å². The molecule has 82 valence electrons. The number of rotatable bonds is 2. The standard InChI is InChI=1S/C13H13NO2/c1-3-6-10-9-7-4-5-8-11(9)13(16)14(2)12(10)15/h3-5,7-8,10H,1,6H2,2H3. The second kappa shape index (κ2) is 3.93. The molecule has 0 saturated carbocycles. The van der Waals surface area contributed by atoms with Gasteiger partial charge >= 0.3 is 0 Å². The number of amides is 2. The van der Waals surface area contributed by atoms with Crippen molar-refractivity contribution in [1.82, 2.24) is 4.90 Å². The van der Waals surface area contributed by atoms with Gasteiger partial charge in [-0.25, -0.2) is 0 Å². The lowest BCUT2D eigenvalue weighted by Crippen LogP contribution is -2.41. The molecule has 1 aliphatic heterocycles. The molecule has 0 radical (unpaired) electrons. The van der Waals surface area contributed by atoms with Crippen LogP contribution in [0.4, 0.5) is 0 Å². The minimum atomic E-state index is -0.267. The zero-order valence-corrected chi connectivity index (χ0v) is 9.14. The van der Waals surface area contributed by atoms with E-state index in [1.807, 2.05) is 18.2 Å². The summed E-state index contributed by atoms with van der Waals surface area (Å²) in [6, 6.07) is 7.26. The Bertz CT molecular complexity index is 465. The van der Waals surface area contributed by atoms with Gasteiger partial charge in [0, 0.05) is 12.6 Å². The van der Waals surface area contributed by atoms with Gasteiger partial charge in [-0.05, 0) is 18.1 Å². The summed E-state index contributed by atoms with van der Waals surface area (Å²) in [6.07, 6.45) is 2.27. The second-order valence-corrected chi connectivity index (χ2v) is 3.87. The van der Waals surface area contributed by atoms with Crippen molar-refractivity contribution in [1.29, 1.82) is 0 Å². The first-order valence-electron chi connectivity index (χ1n) is 5.18. The lowest BCUT2D eigenvalue weighted by Gasteiger charge is -2.29. The smallest absolute Gasteiger partial charge is 0.260 e. The van der Waals surface area contributed by atoms with Gasteiger partial charge in [0.2, 0.25) is 5.91 Å². The number of benzene rings is 1. The lowest BCUT2D eigenvalue weighted by atomic mass is 9.86. The Morgan fingerprint density at radius 3 is 2.75 bits per heavy atom. The number of imide groups is 1. The van der Waals surface area contributed by atoms with Gasteiger partial charge in [-0.1, -0.05) is 24.3 Å². The maximum atomic E-state index is 11.9. The Morgan fingerprint density at radius 2 is 2.06 bits per heavy atom. The molecule has 3 nitrogen and oxygen atoms in total. The van der Waals surface area contributed by atoms with Crippen molar-refractivity contribution in [2.75, 3.05) is 7.05 Å². The molecule has 2 amide bonds. The normalized spacial score (nSPS) is 19.6. The van der Waals surface area contributed by atoms with E-state index >= 15 is 0 Å². The third-order valence-electron chi connectivity index (χ3n) is 2.90. The van der Waals surface area contributed by atoms with Crippen LogP contribution in [-0.4, -0.2) is 23.8 Å². The van der Waals surface area contributed by atoms with E-state index in [4.69, 9.17) is 0 Å². The molecule has 2 rings (SSSR count). The minimum Gasteiger partial charge on any atom is -0.281 e. The van der Waals surface area contributed by atoms with Crippen LogP contribution in [0.1, 0.15) is 28.3 Å². The highest BCUT2D eigenvalue weighted by Gasteiger charge is 2.35. The molecule has 1 aliphatic rings. The van der Waals surface area contributed by atoms with Gasteiger partial charge in [0.05, 0.1) is 5.92 Å². The molecule has 0 bridgehead atoms. The molecule has 1 aromatic carbocycles. The highest BCUT2D eigenvalue weighted by atomic mass is 16.2. The van der Waals surface area contributed by atoms with E-state index in [9.17, 15) is 9.59 Å². The van der Waals surface area contributed by atoms with Crippen molar-refractivity contribution in [3.8, 4) is 0 Å². The molecule has 1 unspecified atom stereocenters. The number of allylic oxidation sites excluding steroid dienone is 1. The van der Waals surface area contributed by atoms with Crippen molar-refractivity contribution in [2.24, 2.45) is 0 Å². The van der Waals surface area contributed by atoms with E-state index in [1.165, 1.54) is 11.9 Å². The van der Waals surface area contributed by atoms with Gasteiger partial charge < -0.3 is 0 Å². The minimum absolute atomic E-state index is 0.149. The lowest BCUT2D eigenvalue weighted by molar-refractivity contribution is -0.129. The maximum Gasteiger partial charge on any atom is 0.260 e. The van der Waals surface area contributed by atoms with Gasteiger partial charge in [0.1, 0.15) is 0 Å². The van der Waals surface area contributed by atoms with Crippen LogP contribution in [-0.2, 0) is 4.79 Å². The Labute approximate surface area is 94.4 Å². The molecule has 1 atom stereocenters. The summed E-state index contributed by atoms with van der Waals surface area (Å²) in [6.45, 7) is 3.65. The quantitative estimate of drug-likeness (QED) is 0.558. The molecule has 0 aliphatic carbocycles. The third kappa shape index (κ3) is 1.45. The summed E-state index contributed by atoms with van der Waals surface area (Å²) >= 11 is 0. The van der Waals surface area contributed by atoms with E-state index in [1.54, 1.807) is 12.1 Å². The SMILES string of the molecule is C=CCC1C(=O)N(C)C(=O)c2ccccc21. The summed E-state index contributed by atoms with van der Waals surface area (Å²) < 4.78 is 0. The van der Waals surface area contributed by atoms with Gasteiger partial charge in [-0.3, -0.25) is 14.5 Å². The topological polar surface area (TPSA) is 37.4 Å². The van der Waals surface area contributed by atoms with Crippen LogP contribution in [0.3, 0.4) is 0 Å². The van der Waals surface area contributed by atoms with E-state index in [0.717, 1.165) is 5.56 Å². The van der Waals surface area contributed by atoms with Crippen molar-refractivity contribution in [3.63, 3.8) is 0 Å². The third-order valence-corrected chi connectivity index (χ3v) is 2.90. The predicted octanol–water partition coefficient (Wildman–Crippen LogP) is 1.96. The molecular weight excluding hydrogens is 202 g/mol. The zero-order valence-electron chi connectivity index (χ0n) is 9.14. The van der Waals surface area contributed by atoms with Crippen LogP contribution in [0, 0.1) is 0 Å². The van der Waals surface area contributed by atoms with Crippen LogP contribution in [0.5, 0.6) is 0 Å². The Morgan fingerprint density at radius 1 is 1.38 bits per heavy atom. The summed E-state index contributed by atoms with van der Waals surface area (Å²) in [5.74, 6) is -0.638. The van der Waals surface area contributed by atoms with E-state index in [0.29, 0.717) is 12.0 Å². The van der Waals surface area contributed by atoms with E-state index < -0.39 is 0 Å². The van der Waals surface area contributed by atoms with Crippen LogP contribution < -0.4 is 0 Å². The monoisotopic (exact) mass is 215 g/mol. The highest BCUT2D eigenvalue weighted by molar-refractivity contribution is 6.11. The highest BCUT2D eigenvalue weighted by Crippen LogP contribution is 2.30. The van der Waals surface area contributed by atoms with Crippen LogP contribution >= 0.6 is 0 Å². The van der Waals surface area contributed by atoms with Gasteiger partial charge in [-0.15, -0.1) is 6.58 Å². The molecule has 0 spiro atoms. The average molecular weight is 215 g/mol. The van der Waals surface area contributed by atoms with E-state index in [-0.39, 0.29) is 17.7 Å². The number of fused-ring (bicyclic) bond motifs is 1. The van der Waals surface area contributed by atoms with Crippen LogP contribution in [0.2, 0.25) is 0 Å². The molecule has 16 heavy (non-hydrogen) atoms. The van der Waals surface area contributed by atoms with Gasteiger partial charge in [0.25, 0.3) is 5.91 Å². The molecule has 0 fully saturated rings. The number of hydrogen-bond donors (Lipinski definition) is 0. The summed E-state index contributed by atoms with van der Waals surface area (Å²) in [5.41, 5.74) is 1.44.